The van der Waals surface area contributed by atoms with Crippen LogP contribution in [0.5, 0.6) is 0 Å². The molecular weight excluding hydrogens is 643 g/mol. The molecule has 3 aromatic carbocycles. The largest absolute Gasteiger partial charge is 0.416 e. The highest BCUT2D eigenvalue weighted by molar-refractivity contribution is 5.83. The zero-order valence-corrected chi connectivity index (χ0v) is 28.2. The van der Waals surface area contributed by atoms with Crippen molar-refractivity contribution in [3.05, 3.63) is 123 Å². The number of quaternary nitrogens is 1. The summed E-state index contributed by atoms with van der Waals surface area (Å²) in [4.78, 5) is 28.1. The van der Waals surface area contributed by atoms with Crippen LogP contribution in [0.2, 0.25) is 0 Å². The number of nitriles is 1. The van der Waals surface area contributed by atoms with Gasteiger partial charge < -0.3 is 9.80 Å². The van der Waals surface area contributed by atoms with Crippen molar-refractivity contribution in [2.75, 3.05) is 20.6 Å². The number of alkyl halides is 3. The number of hydrogen-bond acceptors (Lipinski definition) is 4. The van der Waals surface area contributed by atoms with Gasteiger partial charge in [-0.2, -0.15) is 23.5 Å². The number of aromatic nitrogens is 4. The van der Waals surface area contributed by atoms with E-state index in [1.807, 2.05) is 24.3 Å². The Bertz CT molecular complexity index is 2110. The van der Waals surface area contributed by atoms with Crippen LogP contribution in [-0.2, 0) is 19.1 Å². The Kier molecular flexibility index (Phi) is 9.54. The fraction of sp³-hybridized carbons (Fsp3) is 0.316. The Balaban J connectivity index is 1.46. The van der Waals surface area contributed by atoms with Gasteiger partial charge in [-0.25, -0.2) is 18.8 Å². The van der Waals surface area contributed by atoms with Crippen LogP contribution < -0.4 is 11.0 Å². The number of nitrogens with one attached hydrogen (secondary N) is 1. The second-order valence-electron chi connectivity index (χ2n) is 13.5. The molecule has 2 aromatic heterocycles. The second kappa shape index (κ2) is 13.8. The minimum absolute atomic E-state index is 0.0143. The van der Waals surface area contributed by atoms with Crippen LogP contribution in [0.15, 0.2) is 89.9 Å². The SMILES string of the molecule is Cc1c(-c2ccnn2-c2ccc(C#N)cc2CC[N+](C)(C)Cc2ccccc2)n(C(=O)NC2CCCC2)c(=O)n1-c1cccc(C(F)(F)F)c1. The first-order chi connectivity index (χ1) is 23.9. The van der Waals surface area contributed by atoms with Gasteiger partial charge in [-0.05, 0) is 67.8 Å². The standard InChI is InChI=1S/C38H38F3N7O2/c1-26-35(46(36(49)44-31-13-7-8-14-31)37(50)45(26)32-15-9-12-30(23-32)38(39,40)41)34-18-20-43-47(34)33-17-16-28(24-42)22-29(33)19-21-48(2,3)25-27-10-5-4-6-11-27/h4-6,9-12,15-18,20,22-23,31H,7-8,13-14,19,21,25H2,1-3H3/p+1. The van der Waals surface area contributed by atoms with Crippen LogP contribution in [0.4, 0.5) is 18.0 Å². The first kappa shape index (κ1) is 34.5. The van der Waals surface area contributed by atoms with Crippen molar-refractivity contribution in [1.29, 1.82) is 5.26 Å². The lowest BCUT2D eigenvalue weighted by Crippen LogP contribution is -2.41. The highest BCUT2D eigenvalue weighted by Gasteiger charge is 2.33. The molecule has 5 aromatic rings. The summed E-state index contributed by atoms with van der Waals surface area (Å²) in [6, 6.07) is 23.1. The summed E-state index contributed by atoms with van der Waals surface area (Å²) >= 11 is 0. The Labute approximate surface area is 288 Å². The third-order valence-corrected chi connectivity index (χ3v) is 9.36. The van der Waals surface area contributed by atoms with E-state index in [0.29, 0.717) is 27.8 Å². The lowest BCUT2D eigenvalue weighted by Gasteiger charge is -2.30. The van der Waals surface area contributed by atoms with Crippen molar-refractivity contribution in [3.8, 4) is 28.8 Å². The summed E-state index contributed by atoms with van der Waals surface area (Å²) in [6.45, 7) is 3.13. The maximum atomic E-state index is 14.2. The summed E-state index contributed by atoms with van der Waals surface area (Å²) < 4.78 is 45.7. The maximum absolute atomic E-state index is 14.2. The summed E-state index contributed by atoms with van der Waals surface area (Å²) in [5, 5.41) is 17.4. The monoisotopic (exact) mass is 682 g/mol. The number of carbonyl (C=O) groups is 1. The van der Waals surface area contributed by atoms with E-state index < -0.39 is 23.5 Å². The number of carbonyl (C=O) groups excluding carboxylic acids is 1. The van der Waals surface area contributed by atoms with Gasteiger partial charge in [0, 0.05) is 18.0 Å². The maximum Gasteiger partial charge on any atom is 0.416 e. The number of amides is 1. The van der Waals surface area contributed by atoms with Crippen LogP contribution in [0.1, 0.15) is 53.6 Å². The minimum Gasteiger partial charge on any atom is -0.335 e. The number of hydrogen-bond donors (Lipinski definition) is 1. The third kappa shape index (κ3) is 7.14. The van der Waals surface area contributed by atoms with E-state index in [4.69, 9.17) is 0 Å². The summed E-state index contributed by atoms with van der Waals surface area (Å²) in [5.41, 5.74) is 2.34. The van der Waals surface area contributed by atoms with Crippen molar-refractivity contribution in [1.82, 2.24) is 24.2 Å². The average Bonchev–Trinajstić information content (AvgIpc) is 3.83. The van der Waals surface area contributed by atoms with Crippen LogP contribution in [0.25, 0.3) is 22.8 Å². The minimum atomic E-state index is -4.63. The molecule has 12 heteroatoms. The smallest absolute Gasteiger partial charge is 0.335 e. The molecule has 6 rings (SSSR count). The highest BCUT2D eigenvalue weighted by Crippen LogP contribution is 2.33. The average molecular weight is 683 g/mol. The van der Waals surface area contributed by atoms with Crippen LogP contribution in [-0.4, -0.2) is 56.1 Å². The summed E-state index contributed by atoms with van der Waals surface area (Å²) in [6.07, 6.45) is 0.959. The molecule has 2 heterocycles. The topological polar surface area (TPSA) is 97.6 Å². The molecule has 0 saturated heterocycles. The molecule has 0 atom stereocenters. The lowest BCUT2D eigenvalue weighted by molar-refractivity contribution is -0.903. The van der Waals surface area contributed by atoms with Gasteiger partial charge >= 0.3 is 17.9 Å². The molecule has 1 amide bonds. The van der Waals surface area contributed by atoms with Gasteiger partial charge in [-0.15, -0.1) is 0 Å². The highest BCUT2D eigenvalue weighted by atomic mass is 19.4. The summed E-state index contributed by atoms with van der Waals surface area (Å²) in [5.74, 6) is 0. The Morgan fingerprint density at radius 1 is 1.02 bits per heavy atom. The van der Waals surface area contributed by atoms with Gasteiger partial charge in [-0.3, -0.25) is 4.57 Å². The number of rotatable bonds is 9. The number of nitrogens with zero attached hydrogens (tertiary/aromatic N) is 6. The first-order valence-corrected chi connectivity index (χ1v) is 16.6. The zero-order valence-electron chi connectivity index (χ0n) is 28.2. The van der Waals surface area contributed by atoms with E-state index in [-0.39, 0.29) is 23.1 Å². The summed E-state index contributed by atoms with van der Waals surface area (Å²) in [7, 11) is 4.28. The quantitative estimate of drug-likeness (QED) is 0.169. The molecule has 0 bridgehead atoms. The van der Waals surface area contributed by atoms with E-state index in [9.17, 15) is 28.0 Å². The number of halogens is 3. The molecule has 258 valence electrons. The van der Waals surface area contributed by atoms with Gasteiger partial charge in [0.15, 0.2) is 0 Å². The predicted molar refractivity (Wildman–Crippen MR) is 184 cm³/mol. The normalized spacial score (nSPS) is 13.8. The fourth-order valence-electron chi connectivity index (χ4n) is 6.85. The van der Waals surface area contributed by atoms with Gasteiger partial charge in [0.2, 0.25) is 0 Å². The molecule has 1 N–H and O–H groups in total. The van der Waals surface area contributed by atoms with Crippen molar-refractivity contribution in [2.24, 2.45) is 0 Å². The van der Waals surface area contributed by atoms with E-state index in [0.717, 1.165) is 65.6 Å². The Morgan fingerprint density at radius 3 is 2.46 bits per heavy atom. The molecule has 1 aliphatic rings. The first-order valence-electron chi connectivity index (χ1n) is 16.6. The molecular formula is C38H39F3N7O2+. The fourth-order valence-corrected chi connectivity index (χ4v) is 6.85. The molecule has 0 unspecified atom stereocenters. The van der Waals surface area contributed by atoms with Crippen LogP contribution in [0.3, 0.4) is 0 Å². The Hall–Kier alpha value is -5.41. The van der Waals surface area contributed by atoms with E-state index in [1.165, 1.54) is 17.7 Å². The van der Waals surface area contributed by atoms with E-state index >= 15 is 0 Å². The zero-order chi connectivity index (χ0) is 35.6. The van der Waals surface area contributed by atoms with E-state index in [1.54, 1.807) is 36.0 Å². The van der Waals surface area contributed by atoms with Gasteiger partial charge in [0.25, 0.3) is 0 Å². The number of benzene rings is 3. The van der Waals surface area contributed by atoms with E-state index in [2.05, 4.69) is 42.7 Å². The third-order valence-electron chi connectivity index (χ3n) is 9.36. The lowest BCUT2D eigenvalue weighted by atomic mass is 10.0. The van der Waals surface area contributed by atoms with Crippen LogP contribution in [0, 0.1) is 18.3 Å². The molecule has 1 aliphatic carbocycles. The van der Waals surface area contributed by atoms with Crippen molar-refractivity contribution >= 4 is 6.03 Å². The molecule has 1 saturated carbocycles. The van der Waals surface area contributed by atoms with Gasteiger partial charge in [0.05, 0.1) is 66.8 Å². The second-order valence-corrected chi connectivity index (χ2v) is 13.5. The molecule has 1 fully saturated rings. The van der Waals surface area contributed by atoms with Crippen molar-refractivity contribution < 1.29 is 22.4 Å². The molecule has 0 spiro atoms. The number of imidazole rings is 1. The Morgan fingerprint density at radius 2 is 1.76 bits per heavy atom. The van der Waals surface area contributed by atoms with Crippen molar-refractivity contribution in [3.63, 3.8) is 0 Å². The molecule has 9 nitrogen and oxygen atoms in total. The molecule has 0 radical (unpaired) electrons. The predicted octanol–water partition coefficient (Wildman–Crippen LogP) is 7.01. The van der Waals surface area contributed by atoms with Gasteiger partial charge in [0.1, 0.15) is 12.2 Å². The molecule has 50 heavy (non-hydrogen) atoms. The van der Waals surface area contributed by atoms with Crippen LogP contribution >= 0.6 is 0 Å². The van der Waals surface area contributed by atoms with Crippen molar-refractivity contribution in [2.45, 2.75) is 57.8 Å². The van der Waals surface area contributed by atoms with Gasteiger partial charge in [-0.1, -0.05) is 49.2 Å². The number of likely N-dealkylation sites (N-methyl/N-ethyl adjacent to an activating group) is 1. The molecule has 0 aliphatic heterocycles.